The molecule has 2 heterocycles. The monoisotopic (exact) mass is 292 g/mol. The minimum Gasteiger partial charge on any atom is -0.390 e. The lowest BCUT2D eigenvalue weighted by atomic mass is 10.1. The quantitative estimate of drug-likeness (QED) is 0.892. The maximum absolute atomic E-state index is 8.81. The second-order valence-corrected chi connectivity index (χ2v) is 5.48. The van der Waals surface area contributed by atoms with Gasteiger partial charge >= 0.3 is 0 Å². The van der Waals surface area contributed by atoms with E-state index < -0.39 is 0 Å². The van der Waals surface area contributed by atoms with Crippen LogP contribution < -0.4 is 0 Å². The molecule has 2 aromatic carbocycles. The Kier molecular flexibility index (Phi) is 4.45. The predicted molar refractivity (Wildman–Crippen MR) is 91.9 cm³/mol. The first kappa shape index (κ1) is 14.7. The van der Waals surface area contributed by atoms with E-state index in [1.807, 2.05) is 30.3 Å². The van der Waals surface area contributed by atoms with Crippen LogP contribution in [0.15, 0.2) is 58.5 Å². The summed E-state index contributed by atoms with van der Waals surface area (Å²) >= 11 is 0. The van der Waals surface area contributed by atoms with Crippen molar-refractivity contribution in [1.29, 1.82) is 0 Å². The van der Waals surface area contributed by atoms with Gasteiger partial charge in [0.2, 0.25) is 0 Å². The largest absolute Gasteiger partial charge is 0.390 e. The van der Waals surface area contributed by atoms with Gasteiger partial charge < -0.3 is 5.11 Å². The van der Waals surface area contributed by atoms with Crippen LogP contribution in [0.2, 0.25) is 0 Å². The van der Waals surface area contributed by atoms with E-state index in [2.05, 4.69) is 35.1 Å². The molecule has 3 heteroatoms. The fourth-order valence-corrected chi connectivity index (χ4v) is 2.69. The molecule has 2 aliphatic rings. The van der Waals surface area contributed by atoms with E-state index in [1.165, 1.54) is 22.5 Å². The summed E-state index contributed by atoms with van der Waals surface area (Å²) < 4.78 is 0. The van der Waals surface area contributed by atoms with Crippen LogP contribution >= 0.6 is 0 Å². The van der Waals surface area contributed by atoms with E-state index in [0.29, 0.717) is 0 Å². The number of aliphatic imine (C=N–C) groups is 2. The molecule has 112 valence electrons. The molecule has 2 aromatic rings. The molecule has 1 N–H and O–H groups in total. The van der Waals surface area contributed by atoms with Crippen molar-refractivity contribution in [2.75, 3.05) is 6.61 Å². The topological polar surface area (TPSA) is 45.0 Å². The number of fused-ring (bicyclic) bond motifs is 2. The Bertz CT molecular complexity index is 668. The molecule has 0 unspecified atom stereocenters. The molecule has 0 aromatic heterocycles. The van der Waals surface area contributed by atoms with Crippen molar-refractivity contribution in [3.63, 3.8) is 0 Å². The Morgan fingerprint density at radius 1 is 0.818 bits per heavy atom. The molecule has 0 radical (unpaired) electrons. The van der Waals surface area contributed by atoms with Gasteiger partial charge in [-0.15, -0.1) is 0 Å². The molecule has 4 rings (SSSR count). The van der Waals surface area contributed by atoms with E-state index in [9.17, 15) is 0 Å². The Morgan fingerprint density at radius 2 is 1.32 bits per heavy atom. The van der Waals surface area contributed by atoms with E-state index in [0.717, 1.165) is 30.7 Å². The number of aliphatic hydroxyl groups is 1. The van der Waals surface area contributed by atoms with E-state index in [-0.39, 0.29) is 6.61 Å². The van der Waals surface area contributed by atoms with Gasteiger partial charge in [-0.2, -0.15) is 0 Å². The summed E-state index contributed by atoms with van der Waals surface area (Å²) in [4.78, 5) is 8.72. The molecule has 0 spiro atoms. The second-order valence-electron chi connectivity index (χ2n) is 5.48. The summed E-state index contributed by atoms with van der Waals surface area (Å²) in [6.07, 6.45) is 2.95. The molecule has 0 bridgehead atoms. The van der Waals surface area contributed by atoms with Crippen molar-refractivity contribution in [3.05, 3.63) is 59.7 Å². The van der Waals surface area contributed by atoms with Crippen molar-refractivity contribution in [2.45, 2.75) is 26.2 Å². The van der Waals surface area contributed by atoms with Crippen LogP contribution in [0.5, 0.6) is 0 Å². The molecule has 0 aliphatic carbocycles. The first-order chi connectivity index (χ1) is 10.8. The van der Waals surface area contributed by atoms with Crippen molar-refractivity contribution < 1.29 is 5.11 Å². The maximum atomic E-state index is 8.81. The smallest absolute Gasteiger partial charge is 0.0817 e. The maximum Gasteiger partial charge on any atom is 0.0817 e. The number of hydrogen-bond donors (Lipinski definition) is 1. The third kappa shape index (κ3) is 3.15. The SMILES string of the molecule is CCC1=Nc2ccccc2C1.OCC1=Nc2ccccc2C1. The lowest BCUT2D eigenvalue weighted by Gasteiger charge is -1.92. The molecule has 2 aliphatic heterocycles. The molecule has 0 saturated carbocycles. The highest BCUT2D eigenvalue weighted by Gasteiger charge is 2.12. The van der Waals surface area contributed by atoms with Gasteiger partial charge in [0.1, 0.15) is 0 Å². The average molecular weight is 292 g/mol. The Morgan fingerprint density at radius 3 is 1.82 bits per heavy atom. The van der Waals surface area contributed by atoms with Gasteiger partial charge in [-0.3, -0.25) is 9.98 Å². The lowest BCUT2D eigenvalue weighted by molar-refractivity contribution is 0.356. The van der Waals surface area contributed by atoms with Crippen molar-refractivity contribution in [2.24, 2.45) is 9.98 Å². The fraction of sp³-hybridized carbons (Fsp3) is 0.263. The lowest BCUT2D eigenvalue weighted by Crippen LogP contribution is -2.02. The van der Waals surface area contributed by atoms with Gasteiger partial charge in [0.05, 0.1) is 18.0 Å². The normalized spacial score (nSPS) is 14.5. The molecule has 22 heavy (non-hydrogen) atoms. The highest BCUT2D eigenvalue weighted by molar-refractivity contribution is 5.94. The third-order valence-corrected chi connectivity index (χ3v) is 3.92. The zero-order chi connectivity index (χ0) is 15.4. The first-order valence-corrected chi connectivity index (χ1v) is 7.69. The van der Waals surface area contributed by atoms with E-state index in [1.54, 1.807) is 0 Å². The third-order valence-electron chi connectivity index (χ3n) is 3.92. The van der Waals surface area contributed by atoms with Crippen LogP contribution in [0.25, 0.3) is 0 Å². The van der Waals surface area contributed by atoms with Crippen molar-refractivity contribution in [3.8, 4) is 0 Å². The average Bonchev–Trinajstić information content (AvgIpc) is 3.18. The van der Waals surface area contributed by atoms with Crippen LogP contribution in [0.3, 0.4) is 0 Å². The summed E-state index contributed by atoms with van der Waals surface area (Å²) in [6.45, 7) is 2.24. The predicted octanol–water partition coefficient (Wildman–Crippen LogP) is 4.03. The van der Waals surface area contributed by atoms with Crippen LogP contribution in [0.1, 0.15) is 24.5 Å². The van der Waals surface area contributed by atoms with Gasteiger partial charge in [0, 0.05) is 24.3 Å². The van der Waals surface area contributed by atoms with Crippen LogP contribution in [-0.4, -0.2) is 23.1 Å². The minimum atomic E-state index is 0.0781. The number of aliphatic hydroxyl groups excluding tert-OH is 1. The number of para-hydroxylation sites is 2. The molecular formula is C19H20N2O. The zero-order valence-electron chi connectivity index (χ0n) is 12.8. The molecule has 0 fully saturated rings. The van der Waals surface area contributed by atoms with Crippen LogP contribution in [-0.2, 0) is 12.8 Å². The minimum absolute atomic E-state index is 0.0781. The molecule has 3 nitrogen and oxygen atoms in total. The number of benzene rings is 2. The van der Waals surface area contributed by atoms with Crippen LogP contribution in [0.4, 0.5) is 11.4 Å². The standard InChI is InChI=1S/C10H11N.C9H9NO/c1-2-9-7-8-5-3-4-6-10(8)11-9;11-6-8-5-7-3-1-2-4-9(7)10-8/h3-6H,2,7H2,1H3;1-4,11H,5-6H2. The molecule has 0 saturated heterocycles. The summed E-state index contributed by atoms with van der Waals surface area (Å²) in [5.41, 5.74) is 6.96. The van der Waals surface area contributed by atoms with Gasteiger partial charge in [-0.05, 0) is 29.7 Å². The molecular weight excluding hydrogens is 272 g/mol. The number of hydrogen-bond acceptors (Lipinski definition) is 3. The Labute approximate surface area is 131 Å². The summed E-state index contributed by atoms with van der Waals surface area (Å²) in [5, 5.41) is 8.81. The highest BCUT2D eigenvalue weighted by Crippen LogP contribution is 2.26. The van der Waals surface area contributed by atoms with Crippen molar-refractivity contribution >= 4 is 22.8 Å². The first-order valence-electron chi connectivity index (χ1n) is 7.69. The summed E-state index contributed by atoms with van der Waals surface area (Å²) in [6, 6.07) is 16.3. The number of nitrogens with zero attached hydrogens (tertiary/aromatic N) is 2. The summed E-state index contributed by atoms with van der Waals surface area (Å²) in [5.74, 6) is 0. The zero-order valence-corrected chi connectivity index (χ0v) is 12.8. The fourth-order valence-electron chi connectivity index (χ4n) is 2.69. The summed E-state index contributed by atoms with van der Waals surface area (Å²) in [7, 11) is 0. The van der Waals surface area contributed by atoms with E-state index in [4.69, 9.17) is 5.11 Å². The highest BCUT2D eigenvalue weighted by atomic mass is 16.3. The van der Waals surface area contributed by atoms with Gasteiger partial charge in [-0.25, -0.2) is 0 Å². The van der Waals surface area contributed by atoms with Gasteiger partial charge in [0.25, 0.3) is 0 Å². The van der Waals surface area contributed by atoms with Gasteiger partial charge in [0.15, 0.2) is 0 Å². The molecule has 0 amide bonds. The molecule has 0 atom stereocenters. The van der Waals surface area contributed by atoms with Crippen molar-refractivity contribution in [1.82, 2.24) is 0 Å². The Hall–Kier alpha value is -2.26. The van der Waals surface area contributed by atoms with E-state index >= 15 is 0 Å². The van der Waals surface area contributed by atoms with Crippen LogP contribution in [0, 0.1) is 0 Å². The second kappa shape index (κ2) is 6.67. The Balaban J connectivity index is 0.000000131. The number of rotatable bonds is 2. The van der Waals surface area contributed by atoms with Gasteiger partial charge in [-0.1, -0.05) is 43.3 Å².